The van der Waals surface area contributed by atoms with E-state index in [0.717, 1.165) is 44.3 Å². The summed E-state index contributed by atoms with van der Waals surface area (Å²) < 4.78 is 70.4. The third-order valence-electron chi connectivity index (χ3n) is 8.01. The number of carbonyl (C=O) groups is 1. The summed E-state index contributed by atoms with van der Waals surface area (Å²) in [5, 5.41) is 6.82. The van der Waals surface area contributed by atoms with Crippen molar-refractivity contribution in [2.45, 2.75) is 95.3 Å². The highest BCUT2D eigenvalue weighted by atomic mass is 32.2. The van der Waals surface area contributed by atoms with Crippen molar-refractivity contribution in [1.82, 2.24) is 19.7 Å². The Kier molecular flexibility index (Phi) is 9.21. The van der Waals surface area contributed by atoms with Gasteiger partial charge in [-0.05, 0) is 76.8 Å². The molecule has 4 rings (SSSR count). The Labute approximate surface area is 217 Å². The van der Waals surface area contributed by atoms with E-state index in [4.69, 9.17) is 4.52 Å². The fraction of sp³-hybridized carbons (Fsp3) is 0.840. The number of nitrogens with one attached hydrogen (secondary N) is 1. The van der Waals surface area contributed by atoms with Crippen LogP contribution in [-0.4, -0.2) is 78.9 Å². The molecule has 0 aromatic carbocycles. The number of nitrogens with zero attached hydrogens (tertiary/aromatic N) is 3. The molecule has 2 heterocycles. The van der Waals surface area contributed by atoms with Crippen LogP contribution >= 0.6 is 0 Å². The molecule has 3 fully saturated rings. The molecule has 8 nitrogen and oxygen atoms in total. The van der Waals surface area contributed by atoms with E-state index in [-0.39, 0.29) is 41.8 Å². The highest BCUT2D eigenvalue weighted by Gasteiger charge is 2.34. The van der Waals surface area contributed by atoms with Crippen LogP contribution in [0, 0.1) is 5.92 Å². The third-order valence-corrected chi connectivity index (χ3v) is 10.1. The van der Waals surface area contributed by atoms with Crippen LogP contribution in [0.1, 0.15) is 93.3 Å². The van der Waals surface area contributed by atoms with Crippen molar-refractivity contribution < 1.29 is 30.9 Å². The molecule has 1 aromatic heterocycles. The van der Waals surface area contributed by atoms with Gasteiger partial charge in [0.15, 0.2) is 5.69 Å². The first-order chi connectivity index (χ1) is 17.5. The molecular formula is C25H39F3N4O4S. The SMILES string of the molecule is CCN(CCCC(F)(F)F)C1CCC(CS(=O)(=O)N2CCC(NC(=O)c3cc(C4CC4)on3)CC2)CC1. The lowest BCUT2D eigenvalue weighted by Crippen LogP contribution is -2.48. The van der Waals surface area contributed by atoms with Gasteiger partial charge in [-0.25, -0.2) is 12.7 Å². The molecule has 210 valence electrons. The second-order valence-electron chi connectivity index (χ2n) is 10.8. The molecule has 1 amide bonds. The summed E-state index contributed by atoms with van der Waals surface area (Å²) in [4.78, 5) is 14.6. The Morgan fingerprint density at radius 2 is 1.81 bits per heavy atom. The van der Waals surface area contributed by atoms with Gasteiger partial charge >= 0.3 is 6.18 Å². The fourth-order valence-electron chi connectivity index (χ4n) is 5.66. The first-order valence-electron chi connectivity index (χ1n) is 13.6. The van der Waals surface area contributed by atoms with Gasteiger partial charge in [-0.2, -0.15) is 13.2 Å². The molecule has 37 heavy (non-hydrogen) atoms. The number of piperidine rings is 1. The number of amides is 1. The van der Waals surface area contributed by atoms with Crippen LogP contribution < -0.4 is 5.32 Å². The Balaban J connectivity index is 1.17. The van der Waals surface area contributed by atoms with E-state index >= 15 is 0 Å². The van der Waals surface area contributed by atoms with Gasteiger partial charge in [-0.3, -0.25) is 4.79 Å². The van der Waals surface area contributed by atoms with Crippen LogP contribution in [0.2, 0.25) is 0 Å². The van der Waals surface area contributed by atoms with Crippen molar-refractivity contribution in [3.8, 4) is 0 Å². The average molecular weight is 549 g/mol. The summed E-state index contributed by atoms with van der Waals surface area (Å²) in [7, 11) is -3.41. The summed E-state index contributed by atoms with van der Waals surface area (Å²) >= 11 is 0. The summed E-state index contributed by atoms with van der Waals surface area (Å²) in [5.41, 5.74) is 0.273. The van der Waals surface area contributed by atoms with E-state index in [1.165, 1.54) is 0 Å². The van der Waals surface area contributed by atoms with Gasteiger partial charge in [0.1, 0.15) is 5.76 Å². The van der Waals surface area contributed by atoms with Gasteiger partial charge in [0.2, 0.25) is 10.0 Å². The smallest absolute Gasteiger partial charge is 0.360 e. The molecule has 2 aliphatic carbocycles. The van der Waals surface area contributed by atoms with Gasteiger partial charge in [0.25, 0.3) is 5.91 Å². The van der Waals surface area contributed by atoms with E-state index < -0.39 is 22.6 Å². The van der Waals surface area contributed by atoms with Gasteiger partial charge in [0, 0.05) is 43.6 Å². The van der Waals surface area contributed by atoms with Crippen molar-refractivity contribution >= 4 is 15.9 Å². The molecule has 1 saturated heterocycles. The van der Waals surface area contributed by atoms with Crippen LogP contribution in [0.15, 0.2) is 10.6 Å². The van der Waals surface area contributed by atoms with Gasteiger partial charge in [-0.15, -0.1) is 0 Å². The molecular weight excluding hydrogens is 509 g/mol. The molecule has 0 bridgehead atoms. The second-order valence-corrected chi connectivity index (χ2v) is 12.8. The van der Waals surface area contributed by atoms with Crippen LogP contribution in [-0.2, 0) is 10.0 Å². The zero-order valence-electron chi connectivity index (χ0n) is 21.5. The molecule has 1 N–H and O–H groups in total. The second kappa shape index (κ2) is 12.0. The van der Waals surface area contributed by atoms with Crippen molar-refractivity contribution in [3.05, 3.63) is 17.5 Å². The lowest BCUT2D eigenvalue weighted by molar-refractivity contribution is -0.136. The van der Waals surface area contributed by atoms with E-state index in [1.807, 2.05) is 6.92 Å². The maximum Gasteiger partial charge on any atom is 0.389 e. The van der Waals surface area contributed by atoms with E-state index in [9.17, 15) is 26.4 Å². The maximum atomic E-state index is 13.1. The number of sulfonamides is 1. The zero-order chi connectivity index (χ0) is 26.6. The van der Waals surface area contributed by atoms with Crippen LogP contribution in [0.25, 0.3) is 0 Å². The minimum Gasteiger partial charge on any atom is -0.360 e. The number of aromatic nitrogens is 1. The monoisotopic (exact) mass is 548 g/mol. The normalized spacial score (nSPS) is 24.5. The first kappa shape index (κ1) is 28.4. The Hall–Kier alpha value is -1.66. The molecule has 0 spiro atoms. The predicted molar refractivity (Wildman–Crippen MR) is 133 cm³/mol. The largest absolute Gasteiger partial charge is 0.389 e. The molecule has 0 radical (unpaired) electrons. The lowest BCUT2D eigenvalue weighted by Gasteiger charge is -2.37. The number of carbonyl (C=O) groups excluding carboxylic acids is 1. The van der Waals surface area contributed by atoms with Gasteiger partial charge < -0.3 is 14.7 Å². The molecule has 2 saturated carbocycles. The minimum atomic E-state index is -4.12. The first-order valence-corrected chi connectivity index (χ1v) is 15.2. The summed E-state index contributed by atoms with van der Waals surface area (Å²) in [6, 6.07) is 1.82. The molecule has 12 heteroatoms. The van der Waals surface area contributed by atoms with Crippen molar-refractivity contribution in [2.75, 3.05) is 31.9 Å². The predicted octanol–water partition coefficient (Wildman–Crippen LogP) is 4.30. The molecule has 1 aliphatic heterocycles. The number of rotatable bonds is 11. The standard InChI is InChI=1S/C25H39F3N4O4S/c1-2-31(13-3-12-25(26,27)28)21-8-4-18(5-9-21)17-37(34,35)32-14-10-20(11-15-32)29-24(33)22-16-23(36-30-22)19-6-7-19/h16,18-21H,2-15,17H2,1H3,(H,29,33). The minimum absolute atomic E-state index is 0.0698. The fourth-order valence-corrected chi connectivity index (χ4v) is 7.56. The Morgan fingerprint density at radius 1 is 1.14 bits per heavy atom. The highest BCUT2D eigenvalue weighted by molar-refractivity contribution is 7.89. The van der Waals surface area contributed by atoms with Crippen LogP contribution in [0.4, 0.5) is 13.2 Å². The maximum absolute atomic E-state index is 13.1. The van der Waals surface area contributed by atoms with Crippen LogP contribution in [0.3, 0.4) is 0 Å². The summed E-state index contributed by atoms with van der Waals surface area (Å²) in [5.74, 6) is 1.03. The van der Waals surface area contributed by atoms with Crippen molar-refractivity contribution in [1.29, 1.82) is 0 Å². The zero-order valence-corrected chi connectivity index (χ0v) is 22.3. The molecule has 0 unspecified atom stereocenters. The summed E-state index contributed by atoms with van der Waals surface area (Å²) in [6.07, 6.45) is 1.61. The number of hydrogen-bond acceptors (Lipinski definition) is 6. The average Bonchev–Trinajstić information content (AvgIpc) is 3.58. The lowest BCUT2D eigenvalue weighted by atomic mass is 9.86. The van der Waals surface area contributed by atoms with Crippen LogP contribution in [0.5, 0.6) is 0 Å². The van der Waals surface area contributed by atoms with Crippen molar-refractivity contribution in [3.63, 3.8) is 0 Å². The molecule has 0 atom stereocenters. The molecule has 3 aliphatic rings. The molecule has 1 aromatic rings. The highest BCUT2D eigenvalue weighted by Crippen LogP contribution is 2.40. The topological polar surface area (TPSA) is 95.8 Å². The number of halogens is 3. The van der Waals surface area contributed by atoms with Crippen molar-refractivity contribution in [2.24, 2.45) is 5.92 Å². The number of hydrogen-bond donors (Lipinski definition) is 1. The Bertz CT molecular complexity index is 996. The third kappa shape index (κ3) is 8.16. The Morgan fingerprint density at radius 3 is 2.41 bits per heavy atom. The number of alkyl halides is 3. The van der Waals surface area contributed by atoms with E-state index in [1.54, 1.807) is 10.4 Å². The quantitative estimate of drug-likeness (QED) is 0.443. The van der Waals surface area contributed by atoms with E-state index in [2.05, 4.69) is 15.4 Å². The van der Waals surface area contributed by atoms with Gasteiger partial charge in [-0.1, -0.05) is 12.1 Å². The van der Waals surface area contributed by atoms with Gasteiger partial charge in [0.05, 0.1) is 5.75 Å². The summed E-state index contributed by atoms with van der Waals surface area (Å²) in [6.45, 7) is 3.84. The van der Waals surface area contributed by atoms with E-state index in [0.29, 0.717) is 44.9 Å².